The summed E-state index contributed by atoms with van der Waals surface area (Å²) >= 11 is 0. The van der Waals surface area contributed by atoms with E-state index in [-0.39, 0.29) is 0 Å². The van der Waals surface area contributed by atoms with Crippen LogP contribution in [0.15, 0.2) is 138 Å². The number of hydrogen-bond acceptors (Lipinski definition) is 3. The molecule has 0 N–H and O–H groups in total. The molecule has 8 aromatic rings. The summed E-state index contributed by atoms with van der Waals surface area (Å²) in [7, 11) is 0. The highest BCUT2D eigenvalue weighted by Gasteiger charge is 2.20. The number of nitrogens with zero attached hydrogens (tertiary/aromatic N) is 2. The first-order valence-corrected chi connectivity index (χ1v) is 13.1. The third-order valence-corrected chi connectivity index (χ3v) is 7.46. The molecule has 0 fully saturated rings. The van der Waals surface area contributed by atoms with Gasteiger partial charge in [0.1, 0.15) is 11.2 Å². The molecule has 0 radical (unpaired) electrons. The molecule has 3 nitrogen and oxygen atoms in total. The van der Waals surface area contributed by atoms with Crippen LogP contribution in [0.1, 0.15) is 0 Å². The Hall–Kier alpha value is -5.28. The van der Waals surface area contributed by atoms with Crippen LogP contribution in [-0.4, -0.2) is 9.97 Å². The quantitative estimate of drug-likeness (QED) is 0.243. The predicted molar refractivity (Wildman–Crippen MR) is 161 cm³/mol. The lowest BCUT2D eigenvalue weighted by molar-refractivity contribution is 0.670. The standard InChI is InChI=1S/C36H22N2O/c1-3-11-23(12-4-1)27-19-20-29(33-30-21-25-15-7-8-16-26(25)22-32(30)39-35(27)33)36-37-31-18-10-9-17-28(31)34(38-36)24-13-5-2-6-14-24/h1-22H. The highest BCUT2D eigenvalue weighted by Crippen LogP contribution is 2.42. The van der Waals surface area contributed by atoms with Crippen molar-refractivity contribution in [3.05, 3.63) is 133 Å². The topological polar surface area (TPSA) is 38.9 Å². The van der Waals surface area contributed by atoms with E-state index in [1.165, 1.54) is 5.39 Å². The molecular formula is C36H22N2O. The maximum Gasteiger partial charge on any atom is 0.161 e. The van der Waals surface area contributed by atoms with Gasteiger partial charge in [-0.05, 0) is 46.7 Å². The zero-order valence-corrected chi connectivity index (χ0v) is 21.0. The molecular weight excluding hydrogens is 476 g/mol. The fraction of sp³-hybridized carbons (Fsp3) is 0. The van der Waals surface area contributed by atoms with Crippen molar-refractivity contribution >= 4 is 43.6 Å². The molecule has 6 aromatic carbocycles. The van der Waals surface area contributed by atoms with Crippen molar-refractivity contribution in [1.82, 2.24) is 9.97 Å². The Kier molecular flexibility index (Phi) is 4.82. The van der Waals surface area contributed by atoms with Crippen molar-refractivity contribution in [2.45, 2.75) is 0 Å². The Morgan fingerprint density at radius 1 is 0.487 bits per heavy atom. The largest absolute Gasteiger partial charge is 0.455 e. The van der Waals surface area contributed by atoms with Gasteiger partial charge in [0.05, 0.1) is 11.2 Å². The summed E-state index contributed by atoms with van der Waals surface area (Å²) < 4.78 is 6.66. The number of aromatic nitrogens is 2. The smallest absolute Gasteiger partial charge is 0.161 e. The van der Waals surface area contributed by atoms with Gasteiger partial charge >= 0.3 is 0 Å². The molecule has 3 heteroatoms. The van der Waals surface area contributed by atoms with E-state index < -0.39 is 0 Å². The second kappa shape index (κ2) is 8.64. The van der Waals surface area contributed by atoms with Crippen molar-refractivity contribution in [3.63, 3.8) is 0 Å². The molecule has 0 spiro atoms. The number of benzene rings is 6. The highest BCUT2D eigenvalue weighted by atomic mass is 16.3. The lowest BCUT2D eigenvalue weighted by Crippen LogP contribution is -1.96. The van der Waals surface area contributed by atoms with Crippen LogP contribution in [0.3, 0.4) is 0 Å². The number of furan rings is 1. The second-order valence-corrected chi connectivity index (χ2v) is 9.81. The number of para-hydroxylation sites is 1. The van der Waals surface area contributed by atoms with Crippen LogP contribution in [0.5, 0.6) is 0 Å². The van der Waals surface area contributed by atoms with E-state index in [2.05, 4.69) is 97.1 Å². The summed E-state index contributed by atoms with van der Waals surface area (Å²) in [5.74, 6) is 0.688. The predicted octanol–water partition coefficient (Wildman–Crippen LogP) is 9.68. The van der Waals surface area contributed by atoms with E-state index in [9.17, 15) is 0 Å². The first-order chi connectivity index (χ1) is 19.3. The highest BCUT2D eigenvalue weighted by molar-refractivity contribution is 6.18. The van der Waals surface area contributed by atoms with Gasteiger partial charge in [0, 0.05) is 32.8 Å². The average Bonchev–Trinajstić information content (AvgIpc) is 3.38. The molecule has 2 heterocycles. The van der Waals surface area contributed by atoms with Crippen molar-refractivity contribution < 1.29 is 4.42 Å². The zero-order chi connectivity index (χ0) is 25.8. The fourth-order valence-electron chi connectivity index (χ4n) is 5.61. The molecule has 2 aromatic heterocycles. The minimum atomic E-state index is 0.688. The zero-order valence-electron chi connectivity index (χ0n) is 21.0. The summed E-state index contributed by atoms with van der Waals surface area (Å²) in [5, 5.41) is 5.46. The Morgan fingerprint density at radius 2 is 1.13 bits per heavy atom. The monoisotopic (exact) mass is 498 g/mol. The Labute approximate surface area is 225 Å². The first-order valence-electron chi connectivity index (χ1n) is 13.1. The van der Waals surface area contributed by atoms with Crippen LogP contribution in [-0.2, 0) is 0 Å². The molecule has 182 valence electrons. The van der Waals surface area contributed by atoms with Crippen LogP contribution in [0, 0.1) is 0 Å². The maximum atomic E-state index is 6.66. The van der Waals surface area contributed by atoms with Gasteiger partial charge in [0.2, 0.25) is 0 Å². The van der Waals surface area contributed by atoms with Crippen LogP contribution in [0.4, 0.5) is 0 Å². The van der Waals surface area contributed by atoms with Gasteiger partial charge in [0.25, 0.3) is 0 Å². The average molecular weight is 499 g/mol. The van der Waals surface area contributed by atoms with E-state index in [0.29, 0.717) is 5.82 Å². The fourth-order valence-corrected chi connectivity index (χ4v) is 5.61. The lowest BCUT2D eigenvalue weighted by atomic mass is 9.97. The maximum absolute atomic E-state index is 6.66. The second-order valence-electron chi connectivity index (χ2n) is 9.81. The number of fused-ring (bicyclic) bond motifs is 5. The van der Waals surface area contributed by atoms with Gasteiger partial charge < -0.3 is 4.42 Å². The van der Waals surface area contributed by atoms with Crippen LogP contribution < -0.4 is 0 Å². The van der Waals surface area contributed by atoms with Gasteiger partial charge in [-0.3, -0.25) is 0 Å². The van der Waals surface area contributed by atoms with Crippen molar-refractivity contribution in [2.24, 2.45) is 0 Å². The van der Waals surface area contributed by atoms with Crippen LogP contribution >= 0.6 is 0 Å². The molecule has 0 saturated carbocycles. The van der Waals surface area contributed by atoms with E-state index in [4.69, 9.17) is 14.4 Å². The Morgan fingerprint density at radius 3 is 1.92 bits per heavy atom. The molecule has 39 heavy (non-hydrogen) atoms. The number of hydrogen-bond donors (Lipinski definition) is 0. The lowest BCUT2D eigenvalue weighted by Gasteiger charge is -2.11. The summed E-state index contributed by atoms with van der Waals surface area (Å²) in [6.45, 7) is 0. The van der Waals surface area contributed by atoms with E-state index in [1.807, 2.05) is 36.4 Å². The molecule has 0 amide bonds. The molecule has 0 bridgehead atoms. The SMILES string of the molecule is c1ccc(-c2nc(-c3ccc(-c4ccccc4)c4oc5cc6ccccc6cc5c34)nc3ccccc23)cc1. The molecule has 0 aliphatic heterocycles. The third kappa shape index (κ3) is 3.52. The van der Waals surface area contributed by atoms with Crippen LogP contribution in [0.25, 0.3) is 77.4 Å². The minimum Gasteiger partial charge on any atom is -0.455 e. The van der Waals surface area contributed by atoms with Crippen molar-refractivity contribution in [2.75, 3.05) is 0 Å². The molecule has 0 aliphatic carbocycles. The van der Waals surface area contributed by atoms with Gasteiger partial charge in [-0.25, -0.2) is 9.97 Å². The summed E-state index contributed by atoms with van der Waals surface area (Å²) in [4.78, 5) is 10.3. The van der Waals surface area contributed by atoms with Crippen molar-refractivity contribution in [1.29, 1.82) is 0 Å². The first kappa shape index (κ1) is 21.8. The van der Waals surface area contributed by atoms with E-state index in [1.54, 1.807) is 0 Å². The summed E-state index contributed by atoms with van der Waals surface area (Å²) in [5.41, 5.74) is 7.74. The molecule has 0 unspecified atom stereocenters. The van der Waals surface area contributed by atoms with Gasteiger partial charge in [-0.2, -0.15) is 0 Å². The Balaban J connectivity index is 1.49. The van der Waals surface area contributed by atoms with E-state index >= 15 is 0 Å². The third-order valence-electron chi connectivity index (χ3n) is 7.46. The Bertz CT molecular complexity index is 2160. The number of rotatable bonds is 3. The van der Waals surface area contributed by atoms with Crippen molar-refractivity contribution in [3.8, 4) is 33.8 Å². The minimum absolute atomic E-state index is 0.688. The van der Waals surface area contributed by atoms with E-state index in [0.717, 1.165) is 66.2 Å². The normalized spacial score (nSPS) is 11.6. The van der Waals surface area contributed by atoms with Crippen LogP contribution in [0.2, 0.25) is 0 Å². The molecule has 8 rings (SSSR count). The summed E-state index contributed by atoms with van der Waals surface area (Å²) in [6.07, 6.45) is 0. The molecule has 0 aliphatic rings. The summed E-state index contributed by atoms with van der Waals surface area (Å²) in [6, 6.07) is 46.0. The van der Waals surface area contributed by atoms with Gasteiger partial charge in [-0.1, -0.05) is 103 Å². The van der Waals surface area contributed by atoms with Gasteiger partial charge in [-0.15, -0.1) is 0 Å². The molecule has 0 saturated heterocycles. The van der Waals surface area contributed by atoms with Gasteiger partial charge in [0.15, 0.2) is 5.82 Å². The molecule has 0 atom stereocenters.